The van der Waals surface area contributed by atoms with Crippen molar-refractivity contribution in [2.45, 2.75) is 19.3 Å². The largest absolute Gasteiger partial charge is 0.481 e. The summed E-state index contributed by atoms with van der Waals surface area (Å²) in [6.07, 6.45) is 1.31. The van der Waals surface area contributed by atoms with Crippen molar-refractivity contribution in [1.82, 2.24) is 4.98 Å². The number of halogens is 1. The summed E-state index contributed by atoms with van der Waals surface area (Å²) in [4.78, 5) is 27.9. The number of nitrogens with zero attached hydrogens (tertiary/aromatic N) is 2. The van der Waals surface area contributed by atoms with Gasteiger partial charge in [0.15, 0.2) is 5.13 Å². The molecule has 2 aromatic rings. The number of carboxylic acids is 1. The standard InChI is InChI=1S/C17H14FN3O3S/c18-12-5-3-9(4-6-12)14-13(8-19)25-17(20-14)21-15(22)10-1-2-11(7-10)16(23)24/h3-6,10-11H,1-2,7H2,(H,23,24)(H,20,21,22)/t10-,11+/m0/s1. The number of aromatic nitrogens is 1. The van der Waals surface area contributed by atoms with Gasteiger partial charge in [-0.1, -0.05) is 11.3 Å². The molecule has 0 spiro atoms. The van der Waals surface area contributed by atoms with Gasteiger partial charge in [0, 0.05) is 11.5 Å². The summed E-state index contributed by atoms with van der Waals surface area (Å²) in [5.74, 6) is -2.41. The number of amides is 1. The second-order valence-corrected chi connectivity index (χ2v) is 6.85. The fourth-order valence-electron chi connectivity index (χ4n) is 2.90. The molecule has 128 valence electrons. The van der Waals surface area contributed by atoms with Crippen LogP contribution < -0.4 is 5.32 Å². The molecule has 1 amide bonds. The fraction of sp³-hybridized carbons (Fsp3) is 0.294. The van der Waals surface area contributed by atoms with E-state index >= 15 is 0 Å². The first-order valence-electron chi connectivity index (χ1n) is 7.68. The highest BCUT2D eigenvalue weighted by Crippen LogP contribution is 2.34. The molecule has 0 aliphatic heterocycles. The molecule has 0 bridgehead atoms. The van der Waals surface area contributed by atoms with Gasteiger partial charge in [-0.3, -0.25) is 9.59 Å². The number of carbonyl (C=O) groups is 2. The smallest absolute Gasteiger partial charge is 0.306 e. The molecular formula is C17H14FN3O3S. The van der Waals surface area contributed by atoms with E-state index in [1.165, 1.54) is 24.3 Å². The second kappa shape index (κ2) is 6.99. The average molecular weight is 359 g/mol. The lowest BCUT2D eigenvalue weighted by molar-refractivity contribution is -0.141. The Kier molecular flexibility index (Phi) is 4.76. The van der Waals surface area contributed by atoms with E-state index in [-0.39, 0.29) is 22.8 Å². The summed E-state index contributed by atoms with van der Waals surface area (Å²) < 4.78 is 13.0. The molecule has 0 unspecified atom stereocenters. The third-order valence-corrected chi connectivity index (χ3v) is 5.10. The average Bonchev–Trinajstić information content (AvgIpc) is 3.22. The normalized spacial score (nSPS) is 19.4. The number of nitriles is 1. The Morgan fingerprint density at radius 2 is 1.96 bits per heavy atom. The van der Waals surface area contributed by atoms with E-state index in [9.17, 15) is 19.2 Å². The molecule has 1 saturated carbocycles. The number of thiazole rings is 1. The van der Waals surface area contributed by atoms with Crippen molar-refractivity contribution in [2.24, 2.45) is 11.8 Å². The van der Waals surface area contributed by atoms with Gasteiger partial charge in [-0.15, -0.1) is 0 Å². The summed E-state index contributed by atoms with van der Waals surface area (Å²) in [6, 6.07) is 7.62. The SMILES string of the molecule is N#Cc1sc(NC(=O)[C@H]2CC[C@@H](C(=O)O)C2)nc1-c1ccc(F)cc1. The highest BCUT2D eigenvalue weighted by atomic mass is 32.1. The molecule has 8 heteroatoms. The predicted octanol–water partition coefficient (Wildman–Crippen LogP) is 3.26. The summed E-state index contributed by atoms with van der Waals surface area (Å²) in [5.41, 5.74) is 0.971. The van der Waals surface area contributed by atoms with Gasteiger partial charge in [-0.2, -0.15) is 5.26 Å². The lowest BCUT2D eigenvalue weighted by Crippen LogP contribution is -2.21. The van der Waals surface area contributed by atoms with Gasteiger partial charge in [0.1, 0.15) is 22.5 Å². The number of hydrogen-bond acceptors (Lipinski definition) is 5. The third kappa shape index (κ3) is 3.67. The molecule has 1 aromatic heterocycles. The molecule has 1 aliphatic rings. The number of benzene rings is 1. The van der Waals surface area contributed by atoms with Gasteiger partial charge in [0.25, 0.3) is 0 Å². The third-order valence-electron chi connectivity index (χ3n) is 4.23. The molecule has 3 rings (SSSR count). The van der Waals surface area contributed by atoms with Gasteiger partial charge in [-0.25, -0.2) is 9.37 Å². The van der Waals surface area contributed by atoms with Crippen LogP contribution in [0.4, 0.5) is 9.52 Å². The van der Waals surface area contributed by atoms with Crippen LogP contribution in [0.15, 0.2) is 24.3 Å². The molecule has 0 saturated heterocycles. The molecular weight excluding hydrogens is 345 g/mol. The van der Waals surface area contributed by atoms with Crippen LogP contribution >= 0.6 is 11.3 Å². The van der Waals surface area contributed by atoms with Crippen LogP contribution in [-0.2, 0) is 9.59 Å². The second-order valence-electron chi connectivity index (χ2n) is 5.85. The Morgan fingerprint density at radius 3 is 2.56 bits per heavy atom. The molecule has 2 N–H and O–H groups in total. The molecule has 2 atom stereocenters. The molecule has 6 nitrogen and oxygen atoms in total. The minimum Gasteiger partial charge on any atom is -0.481 e. The van der Waals surface area contributed by atoms with Crippen molar-refractivity contribution in [3.8, 4) is 17.3 Å². The first-order valence-corrected chi connectivity index (χ1v) is 8.50. The van der Waals surface area contributed by atoms with E-state index in [1.54, 1.807) is 0 Å². The molecule has 1 fully saturated rings. The van der Waals surface area contributed by atoms with Crippen molar-refractivity contribution in [1.29, 1.82) is 5.26 Å². The topological polar surface area (TPSA) is 103 Å². The maximum Gasteiger partial charge on any atom is 0.306 e. The zero-order valence-electron chi connectivity index (χ0n) is 13.0. The first kappa shape index (κ1) is 17.0. The Hall–Kier alpha value is -2.79. The number of carboxylic acid groups (broad SMARTS) is 1. The quantitative estimate of drug-likeness (QED) is 0.872. The number of aliphatic carboxylic acids is 1. The minimum absolute atomic E-state index is 0.277. The number of nitrogens with one attached hydrogen (secondary N) is 1. The minimum atomic E-state index is -0.880. The van der Waals surface area contributed by atoms with Crippen molar-refractivity contribution in [2.75, 3.05) is 5.32 Å². The van der Waals surface area contributed by atoms with Crippen LogP contribution in [-0.4, -0.2) is 22.0 Å². The maximum absolute atomic E-state index is 13.0. The summed E-state index contributed by atoms with van der Waals surface area (Å²) >= 11 is 1.04. The fourth-order valence-corrected chi connectivity index (χ4v) is 3.69. The van der Waals surface area contributed by atoms with Crippen LogP contribution in [0.3, 0.4) is 0 Å². The van der Waals surface area contributed by atoms with Crippen molar-refractivity contribution >= 4 is 28.3 Å². The summed E-state index contributed by atoms with van der Waals surface area (Å²) in [6.45, 7) is 0. The zero-order valence-corrected chi connectivity index (χ0v) is 13.8. The van der Waals surface area contributed by atoms with E-state index in [0.29, 0.717) is 35.4 Å². The number of carbonyl (C=O) groups excluding carboxylic acids is 1. The van der Waals surface area contributed by atoms with Crippen LogP contribution in [0.2, 0.25) is 0 Å². The number of rotatable bonds is 4. The Bertz CT molecular complexity index is 857. The zero-order chi connectivity index (χ0) is 18.0. The molecule has 25 heavy (non-hydrogen) atoms. The predicted molar refractivity (Wildman–Crippen MR) is 89.3 cm³/mol. The lowest BCUT2D eigenvalue weighted by atomic mass is 10.0. The first-order chi connectivity index (χ1) is 12.0. The van der Waals surface area contributed by atoms with Crippen LogP contribution in [0.5, 0.6) is 0 Å². The number of anilines is 1. The van der Waals surface area contributed by atoms with Gasteiger partial charge < -0.3 is 10.4 Å². The summed E-state index contributed by atoms with van der Waals surface area (Å²) in [5, 5.41) is 21.2. The Morgan fingerprint density at radius 1 is 1.28 bits per heavy atom. The number of hydrogen-bond donors (Lipinski definition) is 2. The lowest BCUT2D eigenvalue weighted by Gasteiger charge is -2.08. The molecule has 1 aliphatic carbocycles. The monoisotopic (exact) mass is 359 g/mol. The van der Waals surface area contributed by atoms with E-state index in [4.69, 9.17) is 5.11 Å². The van der Waals surface area contributed by atoms with Gasteiger partial charge in [0.2, 0.25) is 5.91 Å². The summed E-state index contributed by atoms with van der Waals surface area (Å²) in [7, 11) is 0. The van der Waals surface area contributed by atoms with E-state index in [0.717, 1.165) is 11.3 Å². The van der Waals surface area contributed by atoms with E-state index in [1.807, 2.05) is 6.07 Å². The Labute approximate surface area is 146 Å². The van der Waals surface area contributed by atoms with E-state index in [2.05, 4.69) is 10.3 Å². The van der Waals surface area contributed by atoms with Crippen LogP contribution in [0, 0.1) is 29.0 Å². The van der Waals surface area contributed by atoms with E-state index < -0.39 is 11.9 Å². The van der Waals surface area contributed by atoms with Crippen LogP contribution in [0.1, 0.15) is 24.1 Å². The Balaban J connectivity index is 1.76. The maximum atomic E-state index is 13.0. The highest BCUT2D eigenvalue weighted by Gasteiger charge is 2.34. The molecule has 1 heterocycles. The molecule has 1 aromatic carbocycles. The molecule has 0 radical (unpaired) electrons. The van der Waals surface area contributed by atoms with Gasteiger partial charge >= 0.3 is 5.97 Å². The highest BCUT2D eigenvalue weighted by molar-refractivity contribution is 7.16. The van der Waals surface area contributed by atoms with Crippen molar-refractivity contribution in [3.05, 3.63) is 35.0 Å². The van der Waals surface area contributed by atoms with Crippen molar-refractivity contribution < 1.29 is 19.1 Å². The van der Waals surface area contributed by atoms with Crippen LogP contribution in [0.25, 0.3) is 11.3 Å². The van der Waals surface area contributed by atoms with Crippen molar-refractivity contribution in [3.63, 3.8) is 0 Å². The van der Waals surface area contributed by atoms with Gasteiger partial charge in [0.05, 0.1) is 5.92 Å². The van der Waals surface area contributed by atoms with Gasteiger partial charge in [-0.05, 0) is 43.5 Å².